The van der Waals surface area contributed by atoms with E-state index in [9.17, 15) is 4.79 Å². The fraction of sp³-hybridized carbons (Fsp3) is 0.222. The molecule has 1 aromatic heterocycles. The van der Waals surface area contributed by atoms with E-state index in [-0.39, 0.29) is 4.87 Å². The molecular formula is C9H9NOS. The van der Waals surface area contributed by atoms with Crippen molar-refractivity contribution >= 4 is 21.6 Å². The predicted molar refractivity (Wildman–Crippen MR) is 51.8 cm³/mol. The molecule has 2 aromatic rings. The summed E-state index contributed by atoms with van der Waals surface area (Å²) in [7, 11) is 1.81. The molecule has 0 atom stereocenters. The Morgan fingerprint density at radius 1 is 1.42 bits per heavy atom. The van der Waals surface area contributed by atoms with Crippen molar-refractivity contribution in [3.05, 3.63) is 33.4 Å². The van der Waals surface area contributed by atoms with Crippen LogP contribution in [0, 0.1) is 6.92 Å². The summed E-state index contributed by atoms with van der Waals surface area (Å²) in [5, 5.41) is 0. The highest BCUT2D eigenvalue weighted by molar-refractivity contribution is 7.16. The molecule has 0 unspecified atom stereocenters. The van der Waals surface area contributed by atoms with Crippen LogP contribution in [-0.2, 0) is 7.05 Å². The van der Waals surface area contributed by atoms with Crippen LogP contribution in [0.2, 0.25) is 0 Å². The number of fused-ring (bicyclic) bond motifs is 1. The van der Waals surface area contributed by atoms with Gasteiger partial charge in [-0.25, -0.2) is 0 Å². The minimum absolute atomic E-state index is 0.110. The molecular weight excluding hydrogens is 170 g/mol. The molecule has 0 bridgehead atoms. The van der Waals surface area contributed by atoms with Gasteiger partial charge in [0.2, 0.25) is 0 Å². The van der Waals surface area contributed by atoms with Crippen LogP contribution in [0.1, 0.15) is 5.56 Å². The number of nitrogens with zero attached hydrogens (tertiary/aromatic N) is 1. The van der Waals surface area contributed by atoms with Crippen molar-refractivity contribution in [1.82, 2.24) is 4.57 Å². The van der Waals surface area contributed by atoms with Crippen molar-refractivity contribution in [2.24, 2.45) is 7.05 Å². The third-order valence-corrected chi connectivity index (χ3v) is 3.01. The van der Waals surface area contributed by atoms with Crippen molar-refractivity contribution in [3.8, 4) is 0 Å². The van der Waals surface area contributed by atoms with Crippen LogP contribution in [0.15, 0.2) is 23.0 Å². The lowest BCUT2D eigenvalue weighted by atomic mass is 10.2. The number of thiazole rings is 1. The zero-order valence-corrected chi connectivity index (χ0v) is 7.81. The second-order valence-corrected chi connectivity index (χ2v) is 3.84. The minimum Gasteiger partial charge on any atom is -0.301 e. The van der Waals surface area contributed by atoms with Crippen LogP contribution in [0.3, 0.4) is 0 Å². The molecule has 0 amide bonds. The molecule has 0 fully saturated rings. The number of aryl methyl sites for hydroxylation is 2. The summed E-state index contributed by atoms with van der Waals surface area (Å²) in [5.41, 5.74) is 2.22. The predicted octanol–water partition coefficient (Wildman–Crippen LogP) is 1.91. The lowest BCUT2D eigenvalue weighted by molar-refractivity contribution is 0.934. The van der Waals surface area contributed by atoms with Crippen LogP contribution < -0.4 is 4.87 Å². The molecule has 0 aliphatic heterocycles. The van der Waals surface area contributed by atoms with Gasteiger partial charge in [0.1, 0.15) is 0 Å². The summed E-state index contributed by atoms with van der Waals surface area (Å²) in [6.07, 6.45) is 0. The molecule has 12 heavy (non-hydrogen) atoms. The van der Waals surface area contributed by atoms with Gasteiger partial charge in [0, 0.05) is 7.05 Å². The van der Waals surface area contributed by atoms with E-state index in [4.69, 9.17) is 0 Å². The SMILES string of the molecule is Cc1cccc2sc(=O)n(C)c12. The molecule has 0 N–H and O–H groups in total. The fourth-order valence-electron chi connectivity index (χ4n) is 1.40. The van der Waals surface area contributed by atoms with Gasteiger partial charge in [-0.1, -0.05) is 23.5 Å². The third kappa shape index (κ3) is 0.898. The molecule has 62 valence electrons. The number of benzene rings is 1. The smallest absolute Gasteiger partial charge is 0.301 e. The first kappa shape index (κ1) is 7.55. The Bertz CT molecular complexity index is 481. The maximum Gasteiger partial charge on any atom is 0.307 e. The summed E-state index contributed by atoms with van der Waals surface area (Å²) in [5.74, 6) is 0. The molecule has 2 rings (SSSR count). The summed E-state index contributed by atoms with van der Waals surface area (Å²) in [6, 6.07) is 5.98. The first-order valence-corrected chi connectivity index (χ1v) is 4.57. The van der Waals surface area contributed by atoms with Crippen LogP contribution in [-0.4, -0.2) is 4.57 Å². The third-order valence-electron chi connectivity index (χ3n) is 2.01. The van der Waals surface area contributed by atoms with Crippen molar-refractivity contribution in [1.29, 1.82) is 0 Å². The molecule has 1 aromatic carbocycles. The monoisotopic (exact) mass is 179 g/mol. The van der Waals surface area contributed by atoms with Crippen molar-refractivity contribution in [3.63, 3.8) is 0 Å². The topological polar surface area (TPSA) is 22.0 Å². The van der Waals surface area contributed by atoms with Crippen LogP contribution >= 0.6 is 11.3 Å². The van der Waals surface area contributed by atoms with Gasteiger partial charge in [0.25, 0.3) is 0 Å². The standard InChI is InChI=1S/C9H9NOS/c1-6-4-3-5-7-8(6)10(2)9(11)12-7/h3-5H,1-2H3. The summed E-state index contributed by atoms with van der Waals surface area (Å²) in [4.78, 5) is 11.4. The van der Waals surface area contributed by atoms with E-state index >= 15 is 0 Å². The van der Waals surface area contributed by atoms with Gasteiger partial charge in [-0.05, 0) is 18.6 Å². The molecule has 0 spiro atoms. The highest BCUT2D eigenvalue weighted by Crippen LogP contribution is 2.19. The number of para-hydroxylation sites is 1. The van der Waals surface area contributed by atoms with Crippen molar-refractivity contribution in [2.75, 3.05) is 0 Å². The van der Waals surface area contributed by atoms with E-state index in [0.717, 1.165) is 15.8 Å². The molecule has 0 aliphatic rings. The van der Waals surface area contributed by atoms with Crippen LogP contribution in [0.5, 0.6) is 0 Å². The Kier molecular flexibility index (Phi) is 1.54. The summed E-state index contributed by atoms with van der Waals surface area (Å²) < 4.78 is 2.78. The first-order valence-electron chi connectivity index (χ1n) is 3.75. The van der Waals surface area contributed by atoms with Gasteiger partial charge in [-0.3, -0.25) is 4.79 Å². The molecule has 0 saturated heterocycles. The average Bonchev–Trinajstić information content (AvgIpc) is 2.29. The first-order chi connectivity index (χ1) is 5.70. The van der Waals surface area contributed by atoms with E-state index < -0.39 is 0 Å². The second-order valence-electron chi connectivity index (χ2n) is 2.85. The van der Waals surface area contributed by atoms with Crippen molar-refractivity contribution in [2.45, 2.75) is 6.92 Å². The zero-order valence-electron chi connectivity index (χ0n) is 7.00. The Labute approximate surface area is 74.1 Å². The van der Waals surface area contributed by atoms with Crippen LogP contribution in [0.4, 0.5) is 0 Å². The number of rotatable bonds is 0. The van der Waals surface area contributed by atoms with E-state index in [1.165, 1.54) is 11.3 Å². The van der Waals surface area contributed by atoms with E-state index in [1.807, 2.05) is 32.2 Å². The van der Waals surface area contributed by atoms with Gasteiger partial charge in [0.05, 0.1) is 10.2 Å². The summed E-state index contributed by atoms with van der Waals surface area (Å²) in [6.45, 7) is 2.02. The molecule has 0 aliphatic carbocycles. The fourth-order valence-corrected chi connectivity index (χ4v) is 2.36. The maximum absolute atomic E-state index is 11.3. The van der Waals surface area contributed by atoms with Gasteiger partial charge in [-0.15, -0.1) is 0 Å². The molecule has 0 saturated carbocycles. The second kappa shape index (κ2) is 2.45. The minimum atomic E-state index is 0.110. The Morgan fingerprint density at radius 2 is 2.17 bits per heavy atom. The van der Waals surface area contributed by atoms with E-state index in [1.54, 1.807) is 4.57 Å². The van der Waals surface area contributed by atoms with Gasteiger partial charge >= 0.3 is 4.87 Å². The lowest BCUT2D eigenvalue weighted by Gasteiger charge is -1.97. The zero-order chi connectivity index (χ0) is 8.72. The highest BCUT2D eigenvalue weighted by Gasteiger charge is 2.04. The molecule has 1 heterocycles. The van der Waals surface area contributed by atoms with Crippen LogP contribution in [0.25, 0.3) is 10.2 Å². The summed E-state index contributed by atoms with van der Waals surface area (Å²) >= 11 is 1.30. The van der Waals surface area contributed by atoms with Gasteiger partial charge < -0.3 is 4.57 Å². The van der Waals surface area contributed by atoms with Gasteiger partial charge in [0.15, 0.2) is 0 Å². The largest absolute Gasteiger partial charge is 0.307 e. The quantitative estimate of drug-likeness (QED) is 0.605. The molecule has 0 radical (unpaired) electrons. The Morgan fingerprint density at radius 3 is 2.83 bits per heavy atom. The lowest BCUT2D eigenvalue weighted by Crippen LogP contribution is -2.07. The molecule has 3 heteroatoms. The normalized spacial score (nSPS) is 10.8. The Hall–Kier alpha value is -1.09. The Balaban J connectivity index is 3.07. The van der Waals surface area contributed by atoms with Gasteiger partial charge in [-0.2, -0.15) is 0 Å². The average molecular weight is 179 g/mol. The number of hydrogen-bond acceptors (Lipinski definition) is 2. The van der Waals surface area contributed by atoms with E-state index in [0.29, 0.717) is 0 Å². The maximum atomic E-state index is 11.3. The highest BCUT2D eigenvalue weighted by atomic mass is 32.1. The number of aromatic nitrogens is 1. The van der Waals surface area contributed by atoms with Crippen molar-refractivity contribution < 1.29 is 0 Å². The molecule has 2 nitrogen and oxygen atoms in total. The number of hydrogen-bond donors (Lipinski definition) is 0. The van der Waals surface area contributed by atoms with E-state index in [2.05, 4.69) is 0 Å².